The van der Waals surface area contributed by atoms with E-state index in [1.165, 1.54) is 0 Å². The van der Waals surface area contributed by atoms with E-state index in [1.807, 2.05) is 6.92 Å². The number of amides is 2. The highest BCUT2D eigenvalue weighted by Gasteiger charge is 2.30. The average Bonchev–Trinajstić information content (AvgIpc) is 2.30. The van der Waals surface area contributed by atoms with Crippen molar-refractivity contribution in [1.82, 2.24) is 10.6 Å². The third kappa shape index (κ3) is 5.29. The van der Waals surface area contributed by atoms with Gasteiger partial charge in [0.25, 0.3) is 5.91 Å². The number of rotatable bonds is 6. The largest absolute Gasteiger partial charge is 0.354 e. The first-order chi connectivity index (χ1) is 8.23. The van der Waals surface area contributed by atoms with Gasteiger partial charge in [-0.3, -0.25) is 14.4 Å². The molecule has 0 saturated heterocycles. The number of hydrogen-bond donors (Lipinski definition) is 2. The fourth-order valence-corrected chi connectivity index (χ4v) is 1.29. The van der Waals surface area contributed by atoms with Gasteiger partial charge in [0.1, 0.15) is 6.04 Å². The first-order valence-corrected chi connectivity index (χ1v) is 6.37. The number of carbonyl (C=O) groups excluding carboxylic acids is 3. The third-order valence-electron chi connectivity index (χ3n) is 2.47. The summed E-state index contributed by atoms with van der Waals surface area (Å²) in [5, 5.41) is 5.18. The van der Waals surface area contributed by atoms with Crippen LogP contribution < -0.4 is 10.6 Å². The van der Waals surface area contributed by atoms with Crippen LogP contribution in [0.15, 0.2) is 0 Å². The van der Waals surface area contributed by atoms with Crippen molar-refractivity contribution >= 4 is 17.6 Å². The van der Waals surface area contributed by atoms with E-state index in [9.17, 15) is 14.4 Å². The molecule has 0 radical (unpaired) electrons. The third-order valence-corrected chi connectivity index (χ3v) is 2.47. The second-order valence-electron chi connectivity index (χ2n) is 5.30. The van der Waals surface area contributed by atoms with Gasteiger partial charge in [0.05, 0.1) is 0 Å². The van der Waals surface area contributed by atoms with Crippen molar-refractivity contribution in [3.8, 4) is 0 Å². The van der Waals surface area contributed by atoms with Crippen molar-refractivity contribution < 1.29 is 14.4 Å². The van der Waals surface area contributed by atoms with Gasteiger partial charge >= 0.3 is 0 Å². The highest BCUT2D eigenvalue weighted by atomic mass is 16.2. The predicted molar refractivity (Wildman–Crippen MR) is 70.0 cm³/mol. The van der Waals surface area contributed by atoms with Gasteiger partial charge in [-0.25, -0.2) is 0 Å². The lowest BCUT2D eigenvalue weighted by atomic mass is 9.90. The molecule has 0 aliphatic heterocycles. The van der Waals surface area contributed by atoms with Gasteiger partial charge in [0.2, 0.25) is 11.7 Å². The Hall–Kier alpha value is -1.39. The predicted octanol–water partition coefficient (Wildman–Crippen LogP) is 1.02. The van der Waals surface area contributed by atoms with Gasteiger partial charge in [-0.05, 0) is 12.8 Å². The molecule has 5 nitrogen and oxygen atoms in total. The van der Waals surface area contributed by atoms with Crippen LogP contribution in [0, 0.1) is 5.41 Å². The first-order valence-electron chi connectivity index (χ1n) is 6.37. The van der Waals surface area contributed by atoms with Crippen molar-refractivity contribution in [3.63, 3.8) is 0 Å². The van der Waals surface area contributed by atoms with Crippen LogP contribution in [0.2, 0.25) is 0 Å². The van der Waals surface area contributed by atoms with Crippen molar-refractivity contribution in [2.24, 2.45) is 5.41 Å². The fourth-order valence-electron chi connectivity index (χ4n) is 1.29. The Labute approximate surface area is 109 Å². The van der Waals surface area contributed by atoms with Gasteiger partial charge in [-0.15, -0.1) is 0 Å². The summed E-state index contributed by atoms with van der Waals surface area (Å²) in [6.45, 7) is 9.33. The zero-order valence-electron chi connectivity index (χ0n) is 11.9. The summed E-state index contributed by atoms with van der Waals surface area (Å²) in [7, 11) is 0. The van der Waals surface area contributed by atoms with Crippen LogP contribution in [0.1, 0.15) is 47.5 Å². The molecule has 0 aromatic heterocycles. The maximum atomic E-state index is 11.7. The monoisotopic (exact) mass is 256 g/mol. The highest BCUT2D eigenvalue weighted by molar-refractivity contribution is 6.38. The SMILES string of the molecule is CCCNC(=O)[C@@H](CC)NC(=O)C(=O)C(C)(C)C. The number of hydrogen-bond acceptors (Lipinski definition) is 3. The standard InChI is InChI=1S/C13H24N2O3/c1-6-8-14-11(17)9(7-2)15-12(18)10(16)13(3,4)5/h9H,6-8H2,1-5H3,(H,14,17)(H,15,18)/t9-/m1/s1. The molecule has 2 N–H and O–H groups in total. The second-order valence-corrected chi connectivity index (χ2v) is 5.30. The summed E-state index contributed by atoms with van der Waals surface area (Å²) >= 11 is 0. The summed E-state index contributed by atoms with van der Waals surface area (Å²) < 4.78 is 0. The first kappa shape index (κ1) is 16.6. The van der Waals surface area contributed by atoms with Gasteiger partial charge < -0.3 is 10.6 Å². The summed E-state index contributed by atoms with van der Waals surface area (Å²) in [4.78, 5) is 35.1. The number of nitrogens with one attached hydrogen (secondary N) is 2. The van der Waals surface area contributed by atoms with Crippen molar-refractivity contribution in [3.05, 3.63) is 0 Å². The van der Waals surface area contributed by atoms with E-state index in [0.717, 1.165) is 6.42 Å². The van der Waals surface area contributed by atoms with E-state index >= 15 is 0 Å². The lowest BCUT2D eigenvalue weighted by molar-refractivity contribution is -0.143. The minimum absolute atomic E-state index is 0.241. The van der Waals surface area contributed by atoms with Gasteiger partial charge in [-0.2, -0.15) is 0 Å². The van der Waals surface area contributed by atoms with Crippen molar-refractivity contribution in [1.29, 1.82) is 0 Å². The van der Waals surface area contributed by atoms with Crippen LogP contribution in [0.3, 0.4) is 0 Å². The van der Waals surface area contributed by atoms with Crippen LogP contribution in [-0.2, 0) is 14.4 Å². The van der Waals surface area contributed by atoms with Crippen LogP contribution in [-0.4, -0.2) is 30.2 Å². The van der Waals surface area contributed by atoms with E-state index in [-0.39, 0.29) is 5.91 Å². The van der Waals surface area contributed by atoms with E-state index in [0.29, 0.717) is 13.0 Å². The maximum Gasteiger partial charge on any atom is 0.288 e. The molecule has 0 rings (SSSR count). The van der Waals surface area contributed by atoms with E-state index < -0.39 is 23.1 Å². The minimum Gasteiger partial charge on any atom is -0.354 e. The zero-order chi connectivity index (χ0) is 14.3. The minimum atomic E-state index is -0.734. The Balaban J connectivity index is 4.50. The number of carbonyl (C=O) groups is 3. The highest BCUT2D eigenvalue weighted by Crippen LogP contribution is 2.14. The summed E-state index contributed by atoms with van der Waals surface area (Å²) in [5.74, 6) is -1.44. The molecule has 0 aliphatic carbocycles. The molecule has 2 amide bonds. The number of ketones is 1. The molecule has 0 aromatic rings. The summed E-state index contributed by atoms with van der Waals surface area (Å²) in [5.41, 5.74) is -0.734. The number of Topliss-reactive ketones (excluding diaryl/α,β-unsaturated/α-hetero) is 1. The van der Waals surface area contributed by atoms with Crippen LogP contribution in [0.4, 0.5) is 0 Å². The zero-order valence-corrected chi connectivity index (χ0v) is 11.9. The van der Waals surface area contributed by atoms with E-state index in [2.05, 4.69) is 10.6 Å². The van der Waals surface area contributed by atoms with Crippen LogP contribution >= 0.6 is 0 Å². The molecule has 18 heavy (non-hydrogen) atoms. The Kier molecular flexibility index (Phi) is 6.58. The van der Waals surface area contributed by atoms with Gasteiger partial charge in [0.15, 0.2) is 0 Å². The smallest absolute Gasteiger partial charge is 0.288 e. The molecule has 1 atom stereocenters. The molecule has 0 heterocycles. The molecular formula is C13H24N2O3. The van der Waals surface area contributed by atoms with Gasteiger partial charge in [0, 0.05) is 12.0 Å². The maximum absolute atomic E-state index is 11.7. The summed E-state index contributed by atoms with van der Waals surface area (Å²) in [6, 6.07) is -0.643. The Bertz CT molecular complexity index is 319. The quantitative estimate of drug-likeness (QED) is 0.697. The molecule has 0 aliphatic rings. The molecule has 0 saturated carbocycles. The summed E-state index contributed by atoms with van der Waals surface area (Å²) in [6.07, 6.45) is 1.29. The molecule has 0 fully saturated rings. The molecule has 0 bridgehead atoms. The van der Waals surface area contributed by atoms with Crippen LogP contribution in [0.25, 0.3) is 0 Å². The average molecular weight is 256 g/mol. The second kappa shape index (κ2) is 7.13. The molecule has 0 unspecified atom stereocenters. The van der Waals surface area contributed by atoms with Crippen molar-refractivity contribution in [2.45, 2.75) is 53.5 Å². The Morgan fingerprint density at radius 1 is 1.11 bits per heavy atom. The fraction of sp³-hybridized carbons (Fsp3) is 0.769. The Morgan fingerprint density at radius 3 is 2.06 bits per heavy atom. The van der Waals surface area contributed by atoms with E-state index in [4.69, 9.17) is 0 Å². The molecule has 0 spiro atoms. The van der Waals surface area contributed by atoms with E-state index in [1.54, 1.807) is 27.7 Å². The molecule has 0 aromatic carbocycles. The van der Waals surface area contributed by atoms with Gasteiger partial charge in [-0.1, -0.05) is 34.6 Å². The normalized spacial score (nSPS) is 12.7. The molecule has 5 heteroatoms. The van der Waals surface area contributed by atoms with Crippen LogP contribution in [0.5, 0.6) is 0 Å². The molecular weight excluding hydrogens is 232 g/mol. The lowest BCUT2D eigenvalue weighted by Gasteiger charge is -2.20. The Morgan fingerprint density at radius 2 is 1.67 bits per heavy atom. The van der Waals surface area contributed by atoms with Crippen molar-refractivity contribution in [2.75, 3.05) is 6.54 Å². The topological polar surface area (TPSA) is 75.3 Å². The molecule has 104 valence electrons. The lowest BCUT2D eigenvalue weighted by Crippen LogP contribution is -2.50.